The van der Waals surface area contributed by atoms with Crippen LogP contribution in [0.4, 0.5) is 0 Å². The summed E-state index contributed by atoms with van der Waals surface area (Å²) in [6.07, 6.45) is -0.937. The molecule has 0 aliphatic carbocycles. The fraction of sp³-hybridized carbons (Fsp3) is 0.333. The monoisotopic (exact) mass is 467 g/mol. The summed E-state index contributed by atoms with van der Waals surface area (Å²) in [6.45, 7) is 0. The molecule has 0 aromatic heterocycles. The Morgan fingerprint density at radius 3 is 2.53 bits per heavy atom. The number of cyclic esters (lactones) is 1. The van der Waals surface area contributed by atoms with E-state index in [9.17, 15) is 24.3 Å². The molecular formula is C24H23N2O8-. The van der Waals surface area contributed by atoms with Crippen LogP contribution in [0.25, 0.3) is 0 Å². The molecule has 0 unspecified atom stereocenters. The van der Waals surface area contributed by atoms with Crippen molar-refractivity contribution in [3.8, 4) is 11.5 Å². The van der Waals surface area contributed by atoms with Crippen molar-refractivity contribution >= 4 is 23.8 Å². The number of amides is 2. The van der Waals surface area contributed by atoms with E-state index in [2.05, 4.69) is 5.32 Å². The van der Waals surface area contributed by atoms with Gasteiger partial charge in [0.05, 0.1) is 26.2 Å². The van der Waals surface area contributed by atoms with Crippen LogP contribution in [0.1, 0.15) is 40.6 Å². The summed E-state index contributed by atoms with van der Waals surface area (Å²) in [6, 6.07) is 9.63. The predicted octanol–water partition coefficient (Wildman–Crippen LogP) is 0.341. The smallest absolute Gasteiger partial charge is 0.344 e. The predicted molar refractivity (Wildman–Crippen MR) is 115 cm³/mol. The third kappa shape index (κ3) is 4.14. The van der Waals surface area contributed by atoms with Gasteiger partial charge in [0.15, 0.2) is 11.5 Å². The van der Waals surface area contributed by atoms with Gasteiger partial charge in [0.25, 0.3) is 0 Å². The highest BCUT2D eigenvalue weighted by Gasteiger charge is 2.48. The van der Waals surface area contributed by atoms with Crippen LogP contribution in [0.2, 0.25) is 0 Å². The first kappa shape index (κ1) is 23.1. The lowest BCUT2D eigenvalue weighted by atomic mass is 10.0. The average Bonchev–Trinajstić information content (AvgIpc) is 3.37. The molecule has 10 heteroatoms. The third-order valence-corrected chi connectivity index (χ3v) is 5.96. The number of carboxylic acids is 1. The molecule has 2 aliphatic heterocycles. The number of nitrogens with one attached hydrogen (secondary N) is 1. The fourth-order valence-electron chi connectivity index (χ4n) is 4.35. The van der Waals surface area contributed by atoms with Gasteiger partial charge in [-0.15, -0.1) is 0 Å². The molecule has 0 spiro atoms. The van der Waals surface area contributed by atoms with Crippen LogP contribution in [0.15, 0.2) is 42.5 Å². The number of esters is 1. The second kappa shape index (κ2) is 9.42. The molecule has 1 fully saturated rings. The van der Waals surface area contributed by atoms with E-state index in [1.165, 1.54) is 19.1 Å². The molecule has 0 radical (unpaired) electrons. The summed E-state index contributed by atoms with van der Waals surface area (Å²) < 4.78 is 16.0. The molecule has 2 aromatic carbocycles. The summed E-state index contributed by atoms with van der Waals surface area (Å²) >= 11 is 0. The number of carbonyl (C=O) groups excluding carboxylic acids is 4. The minimum Gasteiger partial charge on any atom is -0.548 e. The van der Waals surface area contributed by atoms with Crippen molar-refractivity contribution in [3.63, 3.8) is 0 Å². The minimum absolute atomic E-state index is 0.0216. The topological polar surface area (TPSA) is 134 Å². The number of rotatable bonds is 8. The van der Waals surface area contributed by atoms with Gasteiger partial charge in [-0.05, 0) is 30.5 Å². The van der Waals surface area contributed by atoms with Crippen LogP contribution in [0, 0.1) is 0 Å². The van der Waals surface area contributed by atoms with Crippen molar-refractivity contribution in [2.75, 3.05) is 14.2 Å². The van der Waals surface area contributed by atoms with Gasteiger partial charge in [-0.1, -0.05) is 30.3 Å². The largest absolute Gasteiger partial charge is 0.548 e. The first-order valence-electron chi connectivity index (χ1n) is 10.7. The van der Waals surface area contributed by atoms with Crippen LogP contribution < -0.4 is 19.9 Å². The van der Waals surface area contributed by atoms with Crippen LogP contribution in [0.5, 0.6) is 11.5 Å². The molecule has 34 heavy (non-hydrogen) atoms. The van der Waals surface area contributed by atoms with E-state index in [0.29, 0.717) is 16.9 Å². The van der Waals surface area contributed by atoms with Crippen LogP contribution in [-0.2, 0) is 25.5 Å². The number of hydrogen-bond acceptors (Lipinski definition) is 8. The Bertz CT molecular complexity index is 1130. The van der Waals surface area contributed by atoms with E-state index < -0.39 is 42.1 Å². The molecule has 3 atom stereocenters. The van der Waals surface area contributed by atoms with Gasteiger partial charge in [0, 0.05) is 12.0 Å². The highest BCUT2D eigenvalue weighted by atomic mass is 16.6. The first-order chi connectivity index (χ1) is 16.3. The Morgan fingerprint density at radius 2 is 1.88 bits per heavy atom. The Kier molecular flexibility index (Phi) is 6.40. The molecule has 178 valence electrons. The first-order valence-corrected chi connectivity index (χ1v) is 10.7. The lowest BCUT2D eigenvalue weighted by Crippen LogP contribution is -2.54. The Hall–Kier alpha value is -4.08. The maximum absolute atomic E-state index is 13.1. The Balaban J connectivity index is 1.59. The van der Waals surface area contributed by atoms with E-state index in [1.807, 2.05) is 0 Å². The number of nitrogens with zero attached hydrogens (tertiary/aromatic N) is 1. The van der Waals surface area contributed by atoms with Crippen molar-refractivity contribution in [1.82, 2.24) is 10.2 Å². The summed E-state index contributed by atoms with van der Waals surface area (Å²) in [4.78, 5) is 51.4. The lowest BCUT2D eigenvalue weighted by Gasteiger charge is -2.30. The zero-order valence-corrected chi connectivity index (χ0v) is 18.6. The molecule has 1 N–H and O–H groups in total. The number of aliphatic carboxylic acids is 1. The molecule has 2 amide bonds. The highest BCUT2D eigenvalue weighted by Crippen LogP contribution is 2.45. The Morgan fingerprint density at radius 1 is 1.15 bits per heavy atom. The van der Waals surface area contributed by atoms with E-state index in [-0.39, 0.29) is 30.6 Å². The summed E-state index contributed by atoms with van der Waals surface area (Å²) in [7, 11) is 2.80. The number of carbonyl (C=O) groups is 4. The van der Waals surface area contributed by atoms with Crippen LogP contribution in [0.3, 0.4) is 0 Å². The van der Waals surface area contributed by atoms with Crippen LogP contribution in [-0.4, -0.2) is 55.0 Å². The van der Waals surface area contributed by atoms with Gasteiger partial charge < -0.3 is 29.4 Å². The number of methoxy groups -OCH3 is 2. The number of carboxylic acid groups (broad SMARTS) is 1. The van der Waals surface area contributed by atoms with Gasteiger partial charge in [-0.2, -0.15) is 0 Å². The van der Waals surface area contributed by atoms with E-state index in [1.54, 1.807) is 42.5 Å². The maximum atomic E-state index is 13.1. The van der Waals surface area contributed by atoms with E-state index in [0.717, 1.165) is 0 Å². The molecule has 2 aliphatic rings. The molecule has 2 aromatic rings. The second-order valence-electron chi connectivity index (χ2n) is 7.95. The van der Waals surface area contributed by atoms with Gasteiger partial charge in [0.2, 0.25) is 18.0 Å². The number of benzene rings is 2. The normalized spacial score (nSPS) is 19.9. The molecule has 4 rings (SSSR count). The van der Waals surface area contributed by atoms with Crippen LogP contribution >= 0.6 is 0 Å². The molecule has 1 saturated heterocycles. The van der Waals surface area contributed by atoms with Crippen molar-refractivity contribution in [2.24, 2.45) is 0 Å². The van der Waals surface area contributed by atoms with Crippen molar-refractivity contribution in [1.29, 1.82) is 0 Å². The van der Waals surface area contributed by atoms with Crippen molar-refractivity contribution in [2.45, 2.75) is 37.6 Å². The van der Waals surface area contributed by atoms with Gasteiger partial charge in [-0.25, -0.2) is 4.79 Å². The summed E-state index contributed by atoms with van der Waals surface area (Å²) in [5.74, 6) is -2.73. The van der Waals surface area contributed by atoms with Gasteiger partial charge in [-0.3, -0.25) is 14.5 Å². The zero-order chi connectivity index (χ0) is 24.4. The average molecular weight is 467 g/mol. The van der Waals surface area contributed by atoms with Crippen molar-refractivity contribution < 1.29 is 38.5 Å². The third-order valence-electron chi connectivity index (χ3n) is 5.96. The van der Waals surface area contributed by atoms with Gasteiger partial charge >= 0.3 is 5.97 Å². The lowest BCUT2D eigenvalue weighted by molar-refractivity contribution is -0.308. The van der Waals surface area contributed by atoms with E-state index in [4.69, 9.17) is 14.2 Å². The highest BCUT2D eigenvalue weighted by molar-refractivity contribution is 5.99. The quantitative estimate of drug-likeness (QED) is 0.550. The summed E-state index contributed by atoms with van der Waals surface area (Å²) in [5, 5.41) is 14.2. The standard InChI is InChI=1S/C24H24N2O8/c1-32-17-10-8-14-19(20(17)33-2)24(31)34-22(14)26-16(9-11-18(26)27)21(28)25-15(23(29)30)12-13-6-4-3-5-7-13/h3-8,10,15-16,22H,9,11-12H2,1-2H3,(H,25,28)(H,29,30)/p-1/t15-,16-,22-/m0/s1. The maximum Gasteiger partial charge on any atom is 0.344 e. The minimum atomic E-state index is -1.44. The molecular weight excluding hydrogens is 444 g/mol. The molecule has 10 nitrogen and oxygen atoms in total. The second-order valence-corrected chi connectivity index (χ2v) is 7.95. The molecule has 2 heterocycles. The summed E-state index contributed by atoms with van der Waals surface area (Å²) in [5.41, 5.74) is 1.18. The SMILES string of the molecule is COc1ccc2c(c1OC)C(=O)O[C@@H]2N1C(=O)CC[C@H]1C(=O)N[C@@H](Cc1ccccc1)C(=O)[O-]. The fourth-order valence-corrected chi connectivity index (χ4v) is 4.35. The Labute approximate surface area is 195 Å². The van der Waals surface area contributed by atoms with Gasteiger partial charge in [0.1, 0.15) is 11.6 Å². The number of likely N-dealkylation sites (tertiary alicyclic amines) is 1. The molecule has 0 bridgehead atoms. The number of fused-ring (bicyclic) bond motifs is 1. The number of ether oxygens (including phenoxy) is 3. The molecule has 0 saturated carbocycles. The van der Waals surface area contributed by atoms with E-state index >= 15 is 0 Å². The number of hydrogen-bond donors (Lipinski definition) is 1. The zero-order valence-electron chi connectivity index (χ0n) is 18.6. The van der Waals surface area contributed by atoms with Crippen molar-refractivity contribution in [3.05, 3.63) is 59.2 Å².